The molecule has 0 aliphatic carbocycles. The van der Waals surface area contributed by atoms with Gasteiger partial charge in [0.25, 0.3) is 5.91 Å². The predicted molar refractivity (Wildman–Crippen MR) is 64.7 cm³/mol. The van der Waals surface area contributed by atoms with E-state index in [1.807, 2.05) is 19.9 Å². The summed E-state index contributed by atoms with van der Waals surface area (Å²) < 4.78 is 18.4. The zero-order valence-corrected chi connectivity index (χ0v) is 10.2. The topological polar surface area (TPSA) is 38.3 Å². The molecule has 0 radical (unpaired) electrons. The maximum atomic E-state index is 13.5. The monoisotopic (exact) mass is 237 g/mol. The fourth-order valence-corrected chi connectivity index (χ4v) is 1.25. The van der Waals surface area contributed by atoms with Gasteiger partial charge in [0.1, 0.15) is 11.6 Å². The van der Waals surface area contributed by atoms with Crippen molar-refractivity contribution < 1.29 is 13.9 Å². The van der Waals surface area contributed by atoms with Crippen LogP contribution in [0.1, 0.15) is 24.2 Å². The third-order valence-corrected chi connectivity index (χ3v) is 2.19. The molecule has 0 saturated carbocycles. The average Bonchev–Trinajstić information content (AvgIpc) is 2.28. The molecule has 92 valence electrons. The quantitative estimate of drug-likeness (QED) is 0.817. The molecule has 0 fully saturated rings. The molecular formula is C13H16FNO2. The largest absolute Gasteiger partial charge is 0.497 e. The molecule has 0 atom stereocenters. The molecule has 0 bridgehead atoms. The van der Waals surface area contributed by atoms with E-state index in [-0.39, 0.29) is 5.56 Å². The highest BCUT2D eigenvalue weighted by atomic mass is 19.1. The van der Waals surface area contributed by atoms with Crippen molar-refractivity contribution in [3.63, 3.8) is 0 Å². The highest BCUT2D eigenvalue weighted by molar-refractivity contribution is 5.94. The number of rotatable bonds is 4. The van der Waals surface area contributed by atoms with Crippen molar-refractivity contribution in [3.05, 3.63) is 41.2 Å². The van der Waals surface area contributed by atoms with Gasteiger partial charge in [0, 0.05) is 12.6 Å². The van der Waals surface area contributed by atoms with Crippen LogP contribution in [0.15, 0.2) is 29.8 Å². The Balaban J connectivity index is 2.72. The van der Waals surface area contributed by atoms with Crippen molar-refractivity contribution in [1.82, 2.24) is 5.32 Å². The maximum absolute atomic E-state index is 13.5. The zero-order chi connectivity index (χ0) is 12.8. The number of carbonyl (C=O) groups excluding carboxylic acids is 1. The van der Waals surface area contributed by atoms with E-state index in [0.717, 1.165) is 5.57 Å². The Hall–Kier alpha value is -1.84. The number of benzene rings is 1. The Labute approximate surface area is 100 Å². The summed E-state index contributed by atoms with van der Waals surface area (Å²) in [6, 6.07) is 4.15. The summed E-state index contributed by atoms with van der Waals surface area (Å²) in [5.74, 6) is -0.620. The molecule has 0 heterocycles. The van der Waals surface area contributed by atoms with E-state index in [2.05, 4.69) is 5.32 Å². The Bertz CT molecular complexity index is 437. The van der Waals surface area contributed by atoms with Gasteiger partial charge in [-0.1, -0.05) is 11.6 Å². The second-order valence-corrected chi connectivity index (χ2v) is 3.84. The molecule has 17 heavy (non-hydrogen) atoms. The third-order valence-electron chi connectivity index (χ3n) is 2.19. The lowest BCUT2D eigenvalue weighted by atomic mass is 10.2. The molecule has 1 amide bonds. The first-order valence-corrected chi connectivity index (χ1v) is 5.29. The number of methoxy groups -OCH3 is 1. The van der Waals surface area contributed by atoms with Crippen molar-refractivity contribution in [1.29, 1.82) is 0 Å². The summed E-state index contributed by atoms with van der Waals surface area (Å²) in [7, 11) is 1.45. The van der Waals surface area contributed by atoms with Crippen LogP contribution < -0.4 is 10.1 Å². The Morgan fingerprint density at radius 3 is 2.71 bits per heavy atom. The molecule has 1 rings (SSSR count). The van der Waals surface area contributed by atoms with Crippen LogP contribution >= 0.6 is 0 Å². The highest BCUT2D eigenvalue weighted by Gasteiger charge is 2.11. The molecule has 1 N–H and O–H groups in total. The van der Waals surface area contributed by atoms with Crippen LogP contribution in [0.2, 0.25) is 0 Å². The Morgan fingerprint density at radius 2 is 2.18 bits per heavy atom. The summed E-state index contributed by atoms with van der Waals surface area (Å²) in [4.78, 5) is 11.6. The first-order chi connectivity index (χ1) is 8.04. The van der Waals surface area contributed by atoms with Crippen LogP contribution in [0.5, 0.6) is 5.75 Å². The number of hydrogen-bond acceptors (Lipinski definition) is 2. The van der Waals surface area contributed by atoms with E-state index in [4.69, 9.17) is 4.74 Å². The fraction of sp³-hybridized carbons (Fsp3) is 0.308. The summed E-state index contributed by atoms with van der Waals surface area (Å²) in [5, 5.41) is 2.61. The van der Waals surface area contributed by atoms with Gasteiger partial charge in [0.15, 0.2) is 0 Å². The van der Waals surface area contributed by atoms with Crippen molar-refractivity contribution in [3.8, 4) is 5.75 Å². The number of carbonyl (C=O) groups is 1. The second kappa shape index (κ2) is 6.03. The highest BCUT2D eigenvalue weighted by Crippen LogP contribution is 2.15. The van der Waals surface area contributed by atoms with Gasteiger partial charge in [-0.15, -0.1) is 0 Å². The van der Waals surface area contributed by atoms with E-state index in [0.29, 0.717) is 12.3 Å². The zero-order valence-electron chi connectivity index (χ0n) is 10.2. The van der Waals surface area contributed by atoms with Crippen LogP contribution in [-0.4, -0.2) is 19.6 Å². The fourth-order valence-electron chi connectivity index (χ4n) is 1.25. The number of amides is 1. The maximum Gasteiger partial charge on any atom is 0.254 e. The molecule has 0 spiro atoms. The smallest absolute Gasteiger partial charge is 0.254 e. The van der Waals surface area contributed by atoms with Crippen molar-refractivity contribution >= 4 is 5.91 Å². The van der Waals surface area contributed by atoms with Gasteiger partial charge in [0.2, 0.25) is 0 Å². The van der Waals surface area contributed by atoms with Crippen molar-refractivity contribution in [2.45, 2.75) is 13.8 Å². The molecule has 1 aromatic rings. The van der Waals surface area contributed by atoms with Gasteiger partial charge in [-0.25, -0.2) is 4.39 Å². The molecule has 0 saturated heterocycles. The van der Waals surface area contributed by atoms with Crippen molar-refractivity contribution in [2.24, 2.45) is 0 Å². The van der Waals surface area contributed by atoms with E-state index in [1.165, 1.54) is 19.2 Å². The molecule has 0 unspecified atom stereocenters. The van der Waals surface area contributed by atoms with Gasteiger partial charge in [-0.3, -0.25) is 4.79 Å². The Morgan fingerprint density at radius 1 is 1.47 bits per heavy atom. The first-order valence-electron chi connectivity index (χ1n) is 5.29. The average molecular weight is 237 g/mol. The van der Waals surface area contributed by atoms with E-state index in [9.17, 15) is 9.18 Å². The lowest BCUT2D eigenvalue weighted by Crippen LogP contribution is -2.24. The van der Waals surface area contributed by atoms with E-state index >= 15 is 0 Å². The van der Waals surface area contributed by atoms with Crippen LogP contribution in [0.3, 0.4) is 0 Å². The SMILES string of the molecule is COc1ccc(C(=O)NCC=C(C)C)c(F)c1. The lowest BCUT2D eigenvalue weighted by Gasteiger charge is -2.05. The molecule has 0 aromatic heterocycles. The predicted octanol–water partition coefficient (Wildman–Crippen LogP) is 2.53. The van der Waals surface area contributed by atoms with Gasteiger partial charge in [-0.05, 0) is 26.0 Å². The van der Waals surface area contributed by atoms with Crippen LogP contribution in [0.25, 0.3) is 0 Å². The first kappa shape index (κ1) is 13.2. The van der Waals surface area contributed by atoms with Gasteiger partial charge >= 0.3 is 0 Å². The summed E-state index contributed by atoms with van der Waals surface area (Å²) >= 11 is 0. The molecule has 3 nitrogen and oxygen atoms in total. The molecule has 1 aromatic carbocycles. The number of hydrogen-bond donors (Lipinski definition) is 1. The van der Waals surface area contributed by atoms with Crippen molar-refractivity contribution in [2.75, 3.05) is 13.7 Å². The molecule has 0 aliphatic rings. The summed E-state index contributed by atoms with van der Waals surface area (Å²) in [5.41, 5.74) is 1.12. The normalized spacial score (nSPS) is 9.65. The van der Waals surface area contributed by atoms with Crippen LogP contribution in [0, 0.1) is 5.82 Å². The minimum Gasteiger partial charge on any atom is -0.497 e. The van der Waals surface area contributed by atoms with Gasteiger partial charge in [-0.2, -0.15) is 0 Å². The molecule has 4 heteroatoms. The minimum absolute atomic E-state index is 0.0213. The number of nitrogens with one attached hydrogen (secondary N) is 1. The lowest BCUT2D eigenvalue weighted by molar-refractivity contribution is 0.0954. The summed E-state index contributed by atoms with van der Waals surface area (Å²) in [6.07, 6.45) is 1.86. The standard InChI is InChI=1S/C13H16FNO2/c1-9(2)6-7-15-13(16)11-5-4-10(17-3)8-12(11)14/h4-6,8H,7H2,1-3H3,(H,15,16). The Kier molecular flexibility index (Phi) is 4.69. The number of halogens is 1. The van der Waals surface area contributed by atoms with Crippen LogP contribution in [-0.2, 0) is 0 Å². The number of allylic oxidation sites excluding steroid dienone is 1. The molecule has 0 aliphatic heterocycles. The molecular weight excluding hydrogens is 221 g/mol. The van der Waals surface area contributed by atoms with Gasteiger partial charge in [0.05, 0.1) is 12.7 Å². The summed E-state index contributed by atoms with van der Waals surface area (Å²) in [6.45, 7) is 4.26. The third kappa shape index (κ3) is 3.90. The van der Waals surface area contributed by atoms with Gasteiger partial charge < -0.3 is 10.1 Å². The van der Waals surface area contributed by atoms with E-state index < -0.39 is 11.7 Å². The minimum atomic E-state index is -0.584. The number of ether oxygens (including phenoxy) is 1. The van der Waals surface area contributed by atoms with E-state index in [1.54, 1.807) is 6.07 Å². The second-order valence-electron chi connectivity index (χ2n) is 3.84. The van der Waals surface area contributed by atoms with Crippen LogP contribution in [0.4, 0.5) is 4.39 Å².